The number of hydrogen-bond donors (Lipinski definition) is 2. The molecule has 9 nitrogen and oxygen atoms in total. The summed E-state index contributed by atoms with van der Waals surface area (Å²) in [7, 11) is 0. The van der Waals surface area contributed by atoms with Crippen molar-refractivity contribution in [2.45, 2.75) is 38.8 Å². The second kappa shape index (κ2) is 8.67. The number of para-hydroxylation sites is 1. The monoisotopic (exact) mass is 431 g/mol. The quantitative estimate of drug-likeness (QED) is 0.635. The number of rotatable bonds is 4. The van der Waals surface area contributed by atoms with Crippen LogP contribution in [0.15, 0.2) is 42.7 Å². The predicted molar refractivity (Wildman–Crippen MR) is 122 cm³/mol. The number of nitrogens with zero attached hydrogens (tertiary/aromatic N) is 5. The Labute approximate surface area is 186 Å². The number of ether oxygens (including phenoxy) is 1. The average molecular weight is 432 g/mol. The average Bonchev–Trinajstić information content (AvgIpc) is 3.21. The SMILES string of the molecule is CC(C)(C)OC(=O)N1CC[C@@H](Nc2cnc(C#N)c(Nc3cnc4ccccc4c3)n2)C1. The van der Waals surface area contributed by atoms with Crippen molar-refractivity contribution in [2.75, 3.05) is 23.7 Å². The van der Waals surface area contributed by atoms with Gasteiger partial charge in [-0.25, -0.2) is 14.8 Å². The number of hydrogen-bond acceptors (Lipinski definition) is 8. The molecule has 164 valence electrons. The van der Waals surface area contributed by atoms with Gasteiger partial charge < -0.3 is 20.3 Å². The van der Waals surface area contributed by atoms with E-state index >= 15 is 0 Å². The highest BCUT2D eigenvalue weighted by molar-refractivity contribution is 5.82. The molecule has 1 aliphatic rings. The summed E-state index contributed by atoms with van der Waals surface area (Å²) in [6.07, 6.45) is 3.66. The van der Waals surface area contributed by atoms with E-state index in [4.69, 9.17) is 4.74 Å². The zero-order valence-corrected chi connectivity index (χ0v) is 18.3. The van der Waals surface area contributed by atoms with Crippen LogP contribution in [0.25, 0.3) is 10.9 Å². The van der Waals surface area contributed by atoms with Crippen LogP contribution >= 0.6 is 0 Å². The third kappa shape index (κ3) is 5.03. The zero-order valence-electron chi connectivity index (χ0n) is 18.3. The summed E-state index contributed by atoms with van der Waals surface area (Å²) in [5.41, 5.74) is 1.25. The second-order valence-electron chi connectivity index (χ2n) is 8.66. The van der Waals surface area contributed by atoms with Crippen molar-refractivity contribution in [2.24, 2.45) is 0 Å². The van der Waals surface area contributed by atoms with Crippen LogP contribution in [0.2, 0.25) is 0 Å². The van der Waals surface area contributed by atoms with Crippen LogP contribution in [0.1, 0.15) is 32.9 Å². The molecule has 1 fully saturated rings. The number of carbonyl (C=O) groups is 1. The van der Waals surface area contributed by atoms with Crippen LogP contribution in [-0.4, -0.2) is 50.7 Å². The number of fused-ring (bicyclic) bond motifs is 1. The molecular weight excluding hydrogens is 406 g/mol. The fourth-order valence-corrected chi connectivity index (χ4v) is 3.48. The van der Waals surface area contributed by atoms with Crippen molar-refractivity contribution in [1.29, 1.82) is 5.26 Å². The molecule has 0 unspecified atom stereocenters. The van der Waals surface area contributed by atoms with E-state index in [1.54, 1.807) is 11.1 Å². The summed E-state index contributed by atoms with van der Waals surface area (Å²) in [5, 5.41) is 16.9. The molecule has 3 heterocycles. The summed E-state index contributed by atoms with van der Waals surface area (Å²) in [6, 6.07) is 11.8. The minimum atomic E-state index is -0.528. The van der Waals surface area contributed by atoms with Gasteiger partial charge in [-0.05, 0) is 39.3 Å². The van der Waals surface area contributed by atoms with E-state index in [-0.39, 0.29) is 17.8 Å². The first kappa shape index (κ1) is 21.3. The van der Waals surface area contributed by atoms with E-state index in [9.17, 15) is 10.1 Å². The number of amides is 1. The van der Waals surface area contributed by atoms with E-state index in [2.05, 4.69) is 31.7 Å². The van der Waals surface area contributed by atoms with Gasteiger partial charge in [0.1, 0.15) is 17.5 Å². The Bertz CT molecular complexity index is 1180. The Kier molecular flexibility index (Phi) is 5.77. The number of aromatic nitrogens is 3. The molecule has 0 radical (unpaired) electrons. The molecule has 2 aromatic heterocycles. The highest BCUT2D eigenvalue weighted by atomic mass is 16.6. The van der Waals surface area contributed by atoms with Crippen LogP contribution in [0, 0.1) is 11.3 Å². The van der Waals surface area contributed by atoms with E-state index in [0.717, 1.165) is 17.3 Å². The maximum Gasteiger partial charge on any atom is 0.410 e. The first-order chi connectivity index (χ1) is 15.3. The standard InChI is InChI=1S/C23H25N7O2/c1-23(2,3)32-22(31)30-9-8-16(14-30)27-20-13-26-19(11-24)21(29-20)28-17-10-15-6-4-5-7-18(15)25-12-17/h4-7,10,12-13,16H,8-9,14H2,1-3H3,(H2,27,28,29)/t16-/m1/s1. The number of anilines is 3. The number of carbonyl (C=O) groups excluding carboxylic acids is 1. The summed E-state index contributed by atoms with van der Waals surface area (Å²) in [5.74, 6) is 0.868. The fraction of sp³-hybridized carbons (Fsp3) is 0.348. The Balaban J connectivity index is 1.46. The Hall–Kier alpha value is -3.93. The molecule has 0 bridgehead atoms. The molecule has 1 atom stereocenters. The van der Waals surface area contributed by atoms with Gasteiger partial charge in [-0.1, -0.05) is 18.2 Å². The molecule has 1 amide bonds. The Morgan fingerprint density at radius 2 is 2.06 bits per heavy atom. The Morgan fingerprint density at radius 1 is 1.25 bits per heavy atom. The van der Waals surface area contributed by atoms with Gasteiger partial charge in [-0.3, -0.25) is 4.98 Å². The second-order valence-corrected chi connectivity index (χ2v) is 8.66. The molecule has 1 aromatic carbocycles. The van der Waals surface area contributed by atoms with Gasteiger partial charge in [0.05, 0.1) is 23.6 Å². The number of pyridine rings is 1. The summed E-state index contributed by atoms with van der Waals surface area (Å²) in [4.78, 5) is 27.2. The summed E-state index contributed by atoms with van der Waals surface area (Å²) in [6.45, 7) is 6.66. The lowest BCUT2D eigenvalue weighted by atomic mass is 10.2. The van der Waals surface area contributed by atoms with Gasteiger partial charge in [0.15, 0.2) is 11.5 Å². The van der Waals surface area contributed by atoms with Gasteiger partial charge in [0.25, 0.3) is 0 Å². The molecular formula is C23H25N7O2. The van der Waals surface area contributed by atoms with Gasteiger partial charge in [0, 0.05) is 24.5 Å². The molecule has 0 saturated carbocycles. The molecule has 32 heavy (non-hydrogen) atoms. The third-order valence-corrected chi connectivity index (χ3v) is 4.92. The van der Waals surface area contributed by atoms with Crippen molar-refractivity contribution < 1.29 is 9.53 Å². The topological polar surface area (TPSA) is 116 Å². The molecule has 1 saturated heterocycles. The van der Waals surface area contributed by atoms with Crippen LogP contribution in [0.5, 0.6) is 0 Å². The van der Waals surface area contributed by atoms with Crippen molar-refractivity contribution in [3.8, 4) is 6.07 Å². The van der Waals surface area contributed by atoms with Gasteiger partial charge >= 0.3 is 6.09 Å². The van der Waals surface area contributed by atoms with Crippen LogP contribution in [0.3, 0.4) is 0 Å². The third-order valence-electron chi connectivity index (χ3n) is 4.92. The fourth-order valence-electron chi connectivity index (χ4n) is 3.48. The van der Waals surface area contributed by atoms with Gasteiger partial charge in [-0.2, -0.15) is 5.26 Å². The molecule has 4 rings (SSSR count). The highest BCUT2D eigenvalue weighted by Gasteiger charge is 2.30. The summed E-state index contributed by atoms with van der Waals surface area (Å²) < 4.78 is 5.45. The van der Waals surface area contributed by atoms with Crippen LogP contribution in [0.4, 0.5) is 22.1 Å². The summed E-state index contributed by atoms with van der Waals surface area (Å²) >= 11 is 0. The van der Waals surface area contributed by atoms with E-state index in [1.807, 2.05) is 51.1 Å². The Morgan fingerprint density at radius 3 is 2.84 bits per heavy atom. The van der Waals surface area contributed by atoms with Crippen LogP contribution in [-0.2, 0) is 4.74 Å². The molecule has 0 aliphatic carbocycles. The number of nitrogens with one attached hydrogen (secondary N) is 2. The molecule has 1 aliphatic heterocycles. The maximum absolute atomic E-state index is 12.3. The lowest BCUT2D eigenvalue weighted by molar-refractivity contribution is 0.0293. The molecule has 3 aromatic rings. The normalized spacial score (nSPS) is 15.9. The first-order valence-corrected chi connectivity index (χ1v) is 10.4. The largest absolute Gasteiger partial charge is 0.444 e. The minimum absolute atomic E-state index is 0.0138. The van der Waals surface area contributed by atoms with Gasteiger partial charge in [0.2, 0.25) is 0 Å². The molecule has 2 N–H and O–H groups in total. The predicted octanol–water partition coefficient (Wildman–Crippen LogP) is 4.06. The van der Waals surface area contributed by atoms with Crippen molar-refractivity contribution >= 4 is 34.3 Å². The lowest BCUT2D eigenvalue weighted by Crippen LogP contribution is -2.36. The van der Waals surface area contributed by atoms with E-state index in [1.165, 1.54) is 6.20 Å². The first-order valence-electron chi connectivity index (χ1n) is 10.4. The van der Waals surface area contributed by atoms with Crippen LogP contribution < -0.4 is 10.6 Å². The van der Waals surface area contributed by atoms with E-state index < -0.39 is 5.60 Å². The highest BCUT2D eigenvalue weighted by Crippen LogP contribution is 2.23. The van der Waals surface area contributed by atoms with Crippen molar-refractivity contribution in [3.05, 3.63) is 48.4 Å². The lowest BCUT2D eigenvalue weighted by Gasteiger charge is -2.24. The molecule has 9 heteroatoms. The number of likely N-dealkylation sites (tertiary alicyclic amines) is 1. The van der Waals surface area contributed by atoms with Crippen molar-refractivity contribution in [3.63, 3.8) is 0 Å². The zero-order chi connectivity index (χ0) is 22.7. The van der Waals surface area contributed by atoms with Crippen molar-refractivity contribution in [1.82, 2.24) is 19.9 Å². The number of benzene rings is 1. The smallest absolute Gasteiger partial charge is 0.410 e. The maximum atomic E-state index is 12.3. The van der Waals surface area contributed by atoms with E-state index in [0.29, 0.717) is 30.4 Å². The number of nitriles is 1. The molecule has 0 spiro atoms. The minimum Gasteiger partial charge on any atom is -0.444 e. The van der Waals surface area contributed by atoms with Gasteiger partial charge in [-0.15, -0.1) is 0 Å².